The Balaban J connectivity index is 1.63. The van der Waals surface area contributed by atoms with Gasteiger partial charge in [0.15, 0.2) is 9.84 Å². The van der Waals surface area contributed by atoms with E-state index >= 15 is 0 Å². The molecule has 0 aliphatic heterocycles. The quantitative estimate of drug-likeness (QED) is 0.372. The Labute approximate surface area is 200 Å². The smallest absolute Gasteiger partial charge is 0.251 e. The zero-order chi connectivity index (χ0) is 24.5. The lowest BCUT2D eigenvalue weighted by Gasteiger charge is -2.11. The summed E-state index contributed by atoms with van der Waals surface area (Å²) in [6.45, 7) is 8.84. The van der Waals surface area contributed by atoms with Crippen molar-refractivity contribution in [2.45, 2.75) is 51.8 Å². The number of benzene rings is 3. The summed E-state index contributed by atoms with van der Waals surface area (Å²) in [5.74, 6) is 0.681. The van der Waals surface area contributed by atoms with Gasteiger partial charge in [-0.3, -0.25) is 4.79 Å². The number of ether oxygens (including phenoxy) is 1. The molecule has 4 rings (SSSR count). The zero-order valence-electron chi connectivity index (χ0n) is 20.0. The van der Waals surface area contributed by atoms with Crippen molar-refractivity contribution in [3.05, 3.63) is 71.8 Å². The van der Waals surface area contributed by atoms with Crippen LogP contribution in [0.4, 0.5) is 0 Å². The van der Waals surface area contributed by atoms with Gasteiger partial charge in [0, 0.05) is 34.9 Å². The van der Waals surface area contributed by atoms with Crippen molar-refractivity contribution in [1.29, 1.82) is 0 Å². The second-order valence-electron chi connectivity index (χ2n) is 8.52. The van der Waals surface area contributed by atoms with E-state index in [1.54, 1.807) is 31.2 Å². The van der Waals surface area contributed by atoms with Gasteiger partial charge < -0.3 is 14.6 Å². The number of sulfone groups is 1. The lowest BCUT2D eigenvalue weighted by molar-refractivity contribution is 0.0951. The van der Waals surface area contributed by atoms with Gasteiger partial charge in [0.1, 0.15) is 5.75 Å². The molecule has 6 nitrogen and oxygen atoms in total. The Kier molecular flexibility index (Phi) is 6.66. The molecule has 0 atom stereocenters. The van der Waals surface area contributed by atoms with Crippen molar-refractivity contribution in [1.82, 2.24) is 9.88 Å². The molecule has 1 amide bonds. The molecule has 7 heteroatoms. The van der Waals surface area contributed by atoms with E-state index in [9.17, 15) is 13.2 Å². The van der Waals surface area contributed by atoms with Crippen LogP contribution in [0.25, 0.3) is 21.8 Å². The van der Waals surface area contributed by atoms with E-state index in [4.69, 9.17) is 4.74 Å². The molecule has 1 N–H and O–H groups in total. The Bertz CT molecular complexity index is 1450. The molecule has 0 saturated carbocycles. The highest BCUT2D eigenvalue weighted by molar-refractivity contribution is 7.91. The van der Waals surface area contributed by atoms with E-state index in [0.29, 0.717) is 17.0 Å². The van der Waals surface area contributed by atoms with Crippen LogP contribution in [0.5, 0.6) is 5.75 Å². The highest BCUT2D eigenvalue weighted by Gasteiger charge is 2.17. The number of carbonyl (C=O) groups is 1. The molecule has 0 radical (unpaired) electrons. The Morgan fingerprint density at radius 2 is 1.74 bits per heavy atom. The molecule has 34 heavy (non-hydrogen) atoms. The lowest BCUT2D eigenvalue weighted by atomic mass is 10.1. The van der Waals surface area contributed by atoms with Crippen molar-refractivity contribution in [3.63, 3.8) is 0 Å². The number of hydrogen-bond acceptors (Lipinski definition) is 4. The van der Waals surface area contributed by atoms with Gasteiger partial charge >= 0.3 is 0 Å². The van der Waals surface area contributed by atoms with E-state index in [-0.39, 0.29) is 17.8 Å². The molecule has 0 aliphatic carbocycles. The van der Waals surface area contributed by atoms with E-state index < -0.39 is 9.84 Å². The number of nitrogens with one attached hydrogen (secondary N) is 1. The van der Waals surface area contributed by atoms with Gasteiger partial charge in [-0.2, -0.15) is 0 Å². The molecular formula is C27H30N2O4S. The third kappa shape index (κ3) is 4.53. The monoisotopic (exact) mass is 478 g/mol. The van der Waals surface area contributed by atoms with Crippen LogP contribution in [0.15, 0.2) is 65.6 Å². The normalized spacial score (nSPS) is 11.9. The maximum absolute atomic E-state index is 13.0. The standard InChI is InChI=1S/C27H30N2O4S/c1-5-29-23-15-12-20(16-22(23)26-24(29)8-7-9-25(26)33-18(3)4)27(30)28-17-19-10-13-21(14-11-19)34(31,32)6-2/h7-16,18H,5-6,17H2,1-4H3,(H,28,30). The molecule has 4 aromatic rings. The highest BCUT2D eigenvalue weighted by Crippen LogP contribution is 2.36. The first-order valence-electron chi connectivity index (χ1n) is 11.6. The van der Waals surface area contributed by atoms with Crippen LogP contribution in [-0.4, -0.2) is 30.7 Å². The highest BCUT2D eigenvalue weighted by atomic mass is 32.2. The minimum atomic E-state index is -3.24. The predicted molar refractivity (Wildman–Crippen MR) is 136 cm³/mol. The molecule has 1 aromatic heterocycles. The first-order chi connectivity index (χ1) is 16.2. The molecule has 0 saturated heterocycles. The molecule has 3 aromatic carbocycles. The van der Waals surface area contributed by atoms with Gasteiger partial charge in [0.25, 0.3) is 5.91 Å². The predicted octanol–water partition coefficient (Wildman–Crippen LogP) is 5.33. The molecule has 0 unspecified atom stereocenters. The largest absolute Gasteiger partial charge is 0.490 e. The molecule has 0 spiro atoms. The molecule has 178 valence electrons. The van der Waals surface area contributed by atoms with Gasteiger partial charge in [-0.25, -0.2) is 8.42 Å². The second kappa shape index (κ2) is 9.50. The lowest BCUT2D eigenvalue weighted by Crippen LogP contribution is -2.22. The summed E-state index contributed by atoms with van der Waals surface area (Å²) in [7, 11) is -3.24. The van der Waals surface area contributed by atoms with Crippen LogP contribution in [0.2, 0.25) is 0 Å². The van der Waals surface area contributed by atoms with Gasteiger partial charge in [-0.05, 0) is 68.8 Å². The van der Waals surface area contributed by atoms with E-state index in [1.807, 2.05) is 44.2 Å². The molecule has 0 fully saturated rings. The Morgan fingerprint density at radius 1 is 1.00 bits per heavy atom. The summed E-state index contributed by atoms with van der Waals surface area (Å²) in [6.07, 6.45) is 0.0378. The van der Waals surface area contributed by atoms with Crippen molar-refractivity contribution in [2.75, 3.05) is 5.75 Å². The second-order valence-corrected chi connectivity index (χ2v) is 10.8. The first-order valence-corrected chi connectivity index (χ1v) is 13.2. The van der Waals surface area contributed by atoms with Crippen molar-refractivity contribution >= 4 is 37.6 Å². The summed E-state index contributed by atoms with van der Waals surface area (Å²) in [5, 5.41) is 4.93. The Hall–Kier alpha value is -3.32. The minimum Gasteiger partial charge on any atom is -0.490 e. The average Bonchev–Trinajstić information content (AvgIpc) is 3.16. The van der Waals surface area contributed by atoms with Gasteiger partial charge in [-0.15, -0.1) is 0 Å². The Morgan fingerprint density at radius 3 is 2.38 bits per heavy atom. The van der Waals surface area contributed by atoms with Crippen LogP contribution < -0.4 is 10.1 Å². The minimum absolute atomic E-state index is 0.0378. The number of carbonyl (C=O) groups excluding carboxylic acids is 1. The molecule has 1 heterocycles. The van der Waals surface area contributed by atoms with Crippen molar-refractivity contribution in [3.8, 4) is 5.75 Å². The van der Waals surface area contributed by atoms with Crippen LogP contribution >= 0.6 is 0 Å². The van der Waals surface area contributed by atoms with Crippen molar-refractivity contribution < 1.29 is 17.9 Å². The summed E-state index contributed by atoms with van der Waals surface area (Å²) >= 11 is 0. The third-order valence-electron chi connectivity index (χ3n) is 5.91. The molecular weight excluding hydrogens is 448 g/mol. The fourth-order valence-corrected chi connectivity index (χ4v) is 5.10. The first kappa shape index (κ1) is 23.8. The number of amides is 1. The van der Waals surface area contributed by atoms with E-state index in [0.717, 1.165) is 39.7 Å². The summed E-state index contributed by atoms with van der Waals surface area (Å²) < 4.78 is 32.3. The van der Waals surface area contributed by atoms with Gasteiger partial charge in [0.05, 0.1) is 22.3 Å². The maximum Gasteiger partial charge on any atom is 0.251 e. The summed E-state index contributed by atoms with van der Waals surface area (Å²) in [6, 6.07) is 18.4. The molecule has 0 bridgehead atoms. The number of aryl methyl sites for hydroxylation is 1. The van der Waals surface area contributed by atoms with Crippen LogP contribution in [-0.2, 0) is 22.9 Å². The SMILES string of the molecule is CCn1c2ccc(C(=O)NCc3ccc(S(=O)(=O)CC)cc3)cc2c2c(OC(C)C)cccc21. The third-order valence-corrected chi connectivity index (χ3v) is 7.66. The molecule has 0 aliphatic rings. The fourth-order valence-electron chi connectivity index (χ4n) is 4.22. The van der Waals surface area contributed by atoms with Gasteiger partial charge in [-0.1, -0.05) is 25.1 Å². The van der Waals surface area contributed by atoms with Crippen LogP contribution in [0, 0.1) is 0 Å². The van der Waals surface area contributed by atoms with Crippen molar-refractivity contribution in [2.24, 2.45) is 0 Å². The zero-order valence-corrected chi connectivity index (χ0v) is 20.8. The summed E-state index contributed by atoms with van der Waals surface area (Å²) in [4.78, 5) is 13.3. The number of nitrogens with zero attached hydrogens (tertiary/aromatic N) is 1. The number of rotatable bonds is 8. The number of fused-ring (bicyclic) bond motifs is 3. The average molecular weight is 479 g/mol. The van der Waals surface area contributed by atoms with Gasteiger partial charge in [0.2, 0.25) is 0 Å². The van der Waals surface area contributed by atoms with Crippen LogP contribution in [0.3, 0.4) is 0 Å². The topological polar surface area (TPSA) is 77.4 Å². The van der Waals surface area contributed by atoms with E-state index in [2.05, 4.69) is 22.9 Å². The van der Waals surface area contributed by atoms with E-state index in [1.165, 1.54) is 0 Å². The number of aromatic nitrogens is 1. The maximum atomic E-state index is 13.0. The fraction of sp³-hybridized carbons (Fsp3) is 0.296. The number of hydrogen-bond donors (Lipinski definition) is 1. The summed E-state index contributed by atoms with van der Waals surface area (Å²) in [5.41, 5.74) is 3.53. The van der Waals surface area contributed by atoms with Crippen LogP contribution in [0.1, 0.15) is 43.6 Å².